The molecule has 1 saturated heterocycles. The van der Waals surface area contributed by atoms with E-state index in [-0.39, 0.29) is 35.2 Å². The zero-order chi connectivity index (χ0) is 22.2. The Kier molecular flexibility index (Phi) is 9.25. The lowest BCUT2D eigenvalue weighted by atomic mass is 9.74. The fourth-order valence-electron chi connectivity index (χ4n) is 4.00. The second kappa shape index (κ2) is 12.1. The first-order chi connectivity index (χ1) is 15.7. The molecule has 176 valence electrons. The van der Waals surface area contributed by atoms with Crippen molar-refractivity contribution >= 4 is 29.9 Å². The minimum Gasteiger partial charge on any atom is -0.444 e. The van der Waals surface area contributed by atoms with Crippen molar-refractivity contribution in [1.29, 1.82) is 0 Å². The number of nitrogens with zero attached hydrogens (tertiary/aromatic N) is 2. The molecule has 0 bridgehead atoms. The van der Waals surface area contributed by atoms with Gasteiger partial charge in [-0.05, 0) is 49.6 Å². The van der Waals surface area contributed by atoms with Gasteiger partial charge in [0.2, 0.25) is 5.89 Å². The predicted molar refractivity (Wildman–Crippen MR) is 138 cm³/mol. The van der Waals surface area contributed by atoms with E-state index in [0.717, 1.165) is 36.2 Å². The highest BCUT2D eigenvalue weighted by molar-refractivity contribution is 14.0. The molecule has 2 heterocycles. The van der Waals surface area contributed by atoms with Gasteiger partial charge >= 0.3 is 0 Å². The summed E-state index contributed by atoms with van der Waals surface area (Å²) in [6, 6.07) is 16.7. The highest BCUT2D eigenvalue weighted by atomic mass is 127. The van der Waals surface area contributed by atoms with E-state index in [1.54, 1.807) is 18.4 Å². The van der Waals surface area contributed by atoms with Crippen LogP contribution in [0.2, 0.25) is 0 Å². The number of hydrogen-bond donors (Lipinski definition) is 2. The third kappa shape index (κ3) is 6.54. The minimum atomic E-state index is -0.214. The van der Waals surface area contributed by atoms with Crippen molar-refractivity contribution in [3.63, 3.8) is 0 Å². The van der Waals surface area contributed by atoms with E-state index in [9.17, 15) is 4.39 Å². The van der Waals surface area contributed by atoms with Crippen LogP contribution in [0.4, 0.5) is 4.39 Å². The maximum absolute atomic E-state index is 13.9. The van der Waals surface area contributed by atoms with Crippen LogP contribution in [0.25, 0.3) is 11.5 Å². The Balaban J connectivity index is 0.00000306. The molecule has 8 heteroatoms. The van der Waals surface area contributed by atoms with E-state index in [2.05, 4.69) is 20.6 Å². The summed E-state index contributed by atoms with van der Waals surface area (Å²) in [6.45, 7) is 5.11. The van der Waals surface area contributed by atoms with Gasteiger partial charge in [-0.15, -0.1) is 24.0 Å². The van der Waals surface area contributed by atoms with Crippen molar-refractivity contribution in [3.8, 4) is 11.5 Å². The number of nitrogens with one attached hydrogen (secondary N) is 2. The number of aliphatic imine (C=N–C) groups is 1. The van der Waals surface area contributed by atoms with Gasteiger partial charge in [0, 0.05) is 37.3 Å². The molecule has 6 nitrogen and oxygen atoms in total. The number of hydrogen-bond acceptors (Lipinski definition) is 4. The summed E-state index contributed by atoms with van der Waals surface area (Å²) >= 11 is 0. The van der Waals surface area contributed by atoms with Crippen molar-refractivity contribution < 1.29 is 13.5 Å². The number of rotatable bonds is 7. The van der Waals surface area contributed by atoms with Gasteiger partial charge in [-0.25, -0.2) is 14.4 Å². The van der Waals surface area contributed by atoms with Crippen molar-refractivity contribution in [2.24, 2.45) is 4.99 Å². The average Bonchev–Trinajstić information content (AvgIpc) is 3.31. The minimum absolute atomic E-state index is 0. The monoisotopic (exact) mass is 564 g/mol. The molecule has 0 spiro atoms. The largest absolute Gasteiger partial charge is 0.444 e. The topological polar surface area (TPSA) is 71.7 Å². The molecule has 0 amide bonds. The zero-order valence-electron chi connectivity index (χ0n) is 18.7. The normalized spacial score (nSPS) is 15.5. The first kappa shape index (κ1) is 25.2. The van der Waals surface area contributed by atoms with Crippen LogP contribution < -0.4 is 10.6 Å². The molecule has 1 fully saturated rings. The number of oxazole rings is 1. The standard InChI is InChI=1S/C25H29FN4O2.HI/c1-2-27-24(28-16-22-17-32-23(30-22)19-7-4-3-5-8-19)29-18-25(11-13-31-14-12-25)20-9-6-10-21(26)15-20;/h3-10,15,17H,2,11-14,16,18H2,1H3,(H2,27,28,29);1H. The Morgan fingerprint density at radius 3 is 2.61 bits per heavy atom. The third-order valence-electron chi connectivity index (χ3n) is 5.80. The molecule has 1 aliphatic rings. The number of ether oxygens (including phenoxy) is 1. The van der Waals surface area contributed by atoms with Crippen LogP contribution in [0.3, 0.4) is 0 Å². The van der Waals surface area contributed by atoms with Crippen LogP contribution in [-0.2, 0) is 16.7 Å². The maximum atomic E-state index is 13.9. The van der Waals surface area contributed by atoms with E-state index >= 15 is 0 Å². The molecular formula is C25H30FIN4O2. The molecule has 1 aromatic heterocycles. The Morgan fingerprint density at radius 1 is 1.09 bits per heavy atom. The molecule has 4 rings (SSSR count). The summed E-state index contributed by atoms with van der Waals surface area (Å²) in [7, 11) is 0. The summed E-state index contributed by atoms with van der Waals surface area (Å²) in [5.41, 5.74) is 2.48. The van der Waals surface area contributed by atoms with E-state index in [0.29, 0.717) is 38.2 Å². The fraction of sp³-hybridized carbons (Fsp3) is 0.360. The van der Waals surface area contributed by atoms with E-state index in [1.807, 2.05) is 43.3 Å². The highest BCUT2D eigenvalue weighted by Gasteiger charge is 2.35. The molecule has 0 atom stereocenters. The maximum Gasteiger partial charge on any atom is 0.226 e. The molecule has 1 aliphatic heterocycles. The van der Waals surface area contributed by atoms with Crippen LogP contribution in [0.1, 0.15) is 31.0 Å². The highest BCUT2D eigenvalue weighted by Crippen LogP contribution is 2.34. The van der Waals surface area contributed by atoms with Gasteiger partial charge in [0.1, 0.15) is 17.8 Å². The molecule has 0 radical (unpaired) electrons. The predicted octanol–water partition coefficient (Wildman–Crippen LogP) is 4.90. The van der Waals surface area contributed by atoms with Crippen LogP contribution >= 0.6 is 24.0 Å². The Morgan fingerprint density at radius 2 is 1.88 bits per heavy atom. The molecular weight excluding hydrogens is 534 g/mol. The number of benzene rings is 2. The quantitative estimate of drug-likeness (QED) is 0.243. The van der Waals surface area contributed by atoms with E-state index in [1.165, 1.54) is 6.07 Å². The molecule has 0 saturated carbocycles. The Labute approximate surface area is 211 Å². The second-order valence-electron chi connectivity index (χ2n) is 7.96. The Bertz CT molecular complexity index is 1040. The molecule has 3 aromatic rings. The lowest BCUT2D eigenvalue weighted by Crippen LogP contribution is -2.48. The number of halogens is 2. The van der Waals surface area contributed by atoms with E-state index in [4.69, 9.17) is 9.15 Å². The zero-order valence-corrected chi connectivity index (χ0v) is 21.1. The second-order valence-corrected chi connectivity index (χ2v) is 7.96. The van der Waals surface area contributed by atoms with Gasteiger partial charge in [0.25, 0.3) is 0 Å². The van der Waals surface area contributed by atoms with E-state index < -0.39 is 0 Å². The van der Waals surface area contributed by atoms with Gasteiger partial charge < -0.3 is 19.8 Å². The van der Waals surface area contributed by atoms with Gasteiger partial charge in [0.05, 0.1) is 6.54 Å². The first-order valence-corrected chi connectivity index (χ1v) is 11.0. The molecule has 0 aliphatic carbocycles. The smallest absolute Gasteiger partial charge is 0.226 e. The lowest BCUT2D eigenvalue weighted by Gasteiger charge is -2.38. The van der Waals surface area contributed by atoms with Crippen LogP contribution in [-0.4, -0.2) is 37.2 Å². The first-order valence-electron chi connectivity index (χ1n) is 11.0. The average molecular weight is 564 g/mol. The molecule has 2 N–H and O–H groups in total. The van der Waals surface area contributed by atoms with Gasteiger partial charge in [0.15, 0.2) is 5.96 Å². The SMILES string of the molecule is CCNC(=NCc1coc(-c2ccccc2)n1)NCC1(c2cccc(F)c2)CCOCC1.I. The van der Waals surface area contributed by atoms with Crippen LogP contribution in [0.5, 0.6) is 0 Å². The summed E-state index contributed by atoms with van der Waals surface area (Å²) in [6.07, 6.45) is 3.29. The van der Waals surface area contributed by atoms with Crippen LogP contribution in [0, 0.1) is 5.82 Å². The molecule has 2 aromatic carbocycles. The lowest BCUT2D eigenvalue weighted by molar-refractivity contribution is 0.0513. The summed E-state index contributed by atoms with van der Waals surface area (Å²) < 4.78 is 25.1. The van der Waals surface area contributed by atoms with Crippen molar-refractivity contribution in [2.45, 2.75) is 31.7 Å². The molecule has 0 unspecified atom stereocenters. The summed E-state index contributed by atoms with van der Waals surface area (Å²) in [5, 5.41) is 6.75. The Hall–Kier alpha value is -2.46. The van der Waals surface area contributed by atoms with Crippen molar-refractivity contribution in [3.05, 3.63) is 77.9 Å². The van der Waals surface area contributed by atoms with Gasteiger partial charge in [-0.3, -0.25) is 0 Å². The number of guanidine groups is 1. The molecule has 33 heavy (non-hydrogen) atoms. The van der Waals surface area contributed by atoms with Gasteiger partial charge in [-0.1, -0.05) is 30.3 Å². The van der Waals surface area contributed by atoms with Gasteiger partial charge in [-0.2, -0.15) is 0 Å². The number of aromatic nitrogens is 1. The fourth-order valence-corrected chi connectivity index (χ4v) is 4.00. The summed E-state index contributed by atoms with van der Waals surface area (Å²) in [4.78, 5) is 9.23. The van der Waals surface area contributed by atoms with Crippen molar-refractivity contribution in [2.75, 3.05) is 26.3 Å². The van der Waals surface area contributed by atoms with Crippen LogP contribution in [0.15, 0.2) is 70.3 Å². The van der Waals surface area contributed by atoms with Crippen molar-refractivity contribution in [1.82, 2.24) is 15.6 Å². The summed E-state index contributed by atoms with van der Waals surface area (Å²) in [5.74, 6) is 1.06. The third-order valence-corrected chi connectivity index (χ3v) is 5.80.